The van der Waals surface area contributed by atoms with Gasteiger partial charge in [0.05, 0.1) is 15.6 Å². The van der Waals surface area contributed by atoms with Gasteiger partial charge >= 0.3 is 0 Å². The molecular formula is C13H12Cl2N2O2S. The van der Waals surface area contributed by atoms with Gasteiger partial charge in [-0.05, 0) is 35.9 Å². The molecule has 2 aromatic rings. The second-order valence-electron chi connectivity index (χ2n) is 4.08. The number of rotatable bonds is 4. The number of halogens is 2. The summed E-state index contributed by atoms with van der Waals surface area (Å²) in [5.74, 6) is 0. The van der Waals surface area contributed by atoms with Gasteiger partial charge in [-0.3, -0.25) is 4.72 Å². The van der Waals surface area contributed by atoms with Crippen molar-refractivity contribution >= 4 is 38.9 Å². The van der Waals surface area contributed by atoms with Crippen LogP contribution in [0.3, 0.4) is 0 Å². The van der Waals surface area contributed by atoms with Crippen LogP contribution in [-0.2, 0) is 16.6 Å². The van der Waals surface area contributed by atoms with Crippen LogP contribution in [0.2, 0.25) is 10.0 Å². The first-order chi connectivity index (χ1) is 9.42. The maximum absolute atomic E-state index is 12.3. The van der Waals surface area contributed by atoms with Gasteiger partial charge in [0.2, 0.25) is 0 Å². The fourth-order valence-corrected chi connectivity index (χ4v) is 3.28. The average molecular weight is 331 g/mol. The van der Waals surface area contributed by atoms with E-state index in [9.17, 15) is 8.42 Å². The summed E-state index contributed by atoms with van der Waals surface area (Å²) in [6, 6.07) is 10.9. The summed E-state index contributed by atoms with van der Waals surface area (Å²) >= 11 is 11.7. The molecule has 0 amide bonds. The van der Waals surface area contributed by atoms with Gasteiger partial charge in [0.1, 0.15) is 0 Å². The predicted octanol–water partition coefficient (Wildman–Crippen LogP) is 3.25. The van der Waals surface area contributed by atoms with E-state index in [1.165, 1.54) is 24.3 Å². The number of hydrogen-bond acceptors (Lipinski definition) is 3. The van der Waals surface area contributed by atoms with E-state index < -0.39 is 10.0 Å². The second-order valence-corrected chi connectivity index (χ2v) is 6.61. The zero-order chi connectivity index (χ0) is 14.8. The summed E-state index contributed by atoms with van der Waals surface area (Å²) in [4.78, 5) is 0.131. The van der Waals surface area contributed by atoms with Crippen molar-refractivity contribution in [2.45, 2.75) is 11.4 Å². The minimum atomic E-state index is -3.71. The zero-order valence-electron chi connectivity index (χ0n) is 10.3. The molecule has 7 heteroatoms. The van der Waals surface area contributed by atoms with Crippen LogP contribution in [0, 0.1) is 0 Å². The molecule has 0 aliphatic heterocycles. The van der Waals surface area contributed by atoms with Gasteiger partial charge < -0.3 is 5.73 Å². The lowest BCUT2D eigenvalue weighted by Gasteiger charge is -2.10. The maximum atomic E-state index is 12.3. The molecule has 0 heterocycles. The van der Waals surface area contributed by atoms with Gasteiger partial charge in [-0.2, -0.15) is 0 Å². The van der Waals surface area contributed by atoms with Gasteiger partial charge in [-0.25, -0.2) is 8.42 Å². The van der Waals surface area contributed by atoms with E-state index in [4.69, 9.17) is 28.9 Å². The Balaban J connectivity index is 2.35. The molecule has 0 aliphatic carbocycles. The Morgan fingerprint density at radius 2 is 1.85 bits per heavy atom. The first kappa shape index (κ1) is 15.1. The molecule has 0 aliphatic rings. The zero-order valence-corrected chi connectivity index (χ0v) is 12.6. The quantitative estimate of drug-likeness (QED) is 0.903. The van der Waals surface area contributed by atoms with Crippen molar-refractivity contribution in [1.29, 1.82) is 0 Å². The van der Waals surface area contributed by atoms with Crippen molar-refractivity contribution < 1.29 is 8.42 Å². The van der Waals surface area contributed by atoms with Crippen LogP contribution in [0.15, 0.2) is 47.4 Å². The number of hydrogen-bond donors (Lipinski definition) is 2. The minimum absolute atomic E-state index is 0.131. The largest absolute Gasteiger partial charge is 0.326 e. The summed E-state index contributed by atoms with van der Waals surface area (Å²) < 4.78 is 26.9. The number of sulfonamides is 1. The Morgan fingerprint density at radius 3 is 2.50 bits per heavy atom. The van der Waals surface area contributed by atoms with E-state index in [0.29, 0.717) is 5.02 Å². The Labute approximate surface area is 127 Å². The van der Waals surface area contributed by atoms with Crippen LogP contribution < -0.4 is 10.5 Å². The van der Waals surface area contributed by atoms with Crippen LogP contribution in [0.1, 0.15) is 5.56 Å². The third kappa shape index (κ3) is 3.43. The lowest BCUT2D eigenvalue weighted by Crippen LogP contribution is -2.13. The molecule has 4 nitrogen and oxygen atoms in total. The van der Waals surface area contributed by atoms with Crippen molar-refractivity contribution in [1.82, 2.24) is 0 Å². The third-order valence-electron chi connectivity index (χ3n) is 2.62. The Morgan fingerprint density at radius 1 is 1.10 bits per heavy atom. The van der Waals surface area contributed by atoms with E-state index in [1.54, 1.807) is 18.2 Å². The molecule has 0 fully saturated rings. The van der Waals surface area contributed by atoms with Crippen molar-refractivity contribution in [2.75, 3.05) is 4.72 Å². The summed E-state index contributed by atoms with van der Waals surface area (Å²) in [5, 5.41) is 0.666. The molecule has 20 heavy (non-hydrogen) atoms. The van der Waals surface area contributed by atoms with Gasteiger partial charge in [0.25, 0.3) is 10.0 Å². The van der Waals surface area contributed by atoms with E-state index in [1.807, 2.05) is 0 Å². The highest BCUT2D eigenvalue weighted by molar-refractivity contribution is 7.92. The molecule has 0 atom stereocenters. The van der Waals surface area contributed by atoms with Crippen LogP contribution in [-0.4, -0.2) is 8.42 Å². The van der Waals surface area contributed by atoms with Crippen molar-refractivity contribution in [3.63, 3.8) is 0 Å². The molecule has 0 unspecified atom stereocenters. The molecule has 0 bridgehead atoms. The standard InChI is InChI=1S/C13H12Cl2N2O2S/c14-10-4-5-13(12(15)7-10)17-20(18,19)11-3-1-2-9(6-11)8-16/h1-7,17H,8,16H2. The fourth-order valence-electron chi connectivity index (χ4n) is 1.62. The van der Waals surface area contributed by atoms with Crippen LogP contribution >= 0.6 is 23.2 Å². The number of benzene rings is 2. The van der Waals surface area contributed by atoms with Crippen LogP contribution in [0.5, 0.6) is 0 Å². The third-order valence-corrected chi connectivity index (χ3v) is 4.53. The number of anilines is 1. The molecule has 106 valence electrons. The van der Waals surface area contributed by atoms with E-state index in [0.717, 1.165) is 5.56 Å². The lowest BCUT2D eigenvalue weighted by atomic mass is 10.2. The Bertz CT molecular complexity index is 733. The molecular weight excluding hydrogens is 319 g/mol. The van der Waals surface area contributed by atoms with Crippen molar-refractivity contribution in [2.24, 2.45) is 5.73 Å². The molecule has 2 rings (SSSR count). The summed E-state index contributed by atoms with van der Waals surface area (Å²) in [6.07, 6.45) is 0. The van der Waals surface area contributed by atoms with Crippen LogP contribution in [0.25, 0.3) is 0 Å². The summed E-state index contributed by atoms with van der Waals surface area (Å²) in [7, 11) is -3.71. The Kier molecular flexibility index (Phi) is 4.55. The lowest BCUT2D eigenvalue weighted by molar-refractivity contribution is 0.601. The van der Waals surface area contributed by atoms with Gasteiger partial charge in [0, 0.05) is 11.6 Å². The van der Waals surface area contributed by atoms with Gasteiger partial charge in [0.15, 0.2) is 0 Å². The predicted molar refractivity (Wildman–Crippen MR) is 81.6 cm³/mol. The molecule has 0 radical (unpaired) electrons. The maximum Gasteiger partial charge on any atom is 0.261 e. The topological polar surface area (TPSA) is 72.2 Å². The van der Waals surface area contributed by atoms with E-state index >= 15 is 0 Å². The van der Waals surface area contributed by atoms with Gasteiger partial charge in [-0.1, -0.05) is 35.3 Å². The highest BCUT2D eigenvalue weighted by atomic mass is 35.5. The molecule has 3 N–H and O–H groups in total. The molecule has 0 saturated heterocycles. The minimum Gasteiger partial charge on any atom is -0.326 e. The average Bonchev–Trinajstić information content (AvgIpc) is 2.42. The molecule has 0 saturated carbocycles. The van der Waals surface area contributed by atoms with Crippen molar-refractivity contribution in [3.05, 3.63) is 58.1 Å². The normalized spacial score (nSPS) is 11.3. The summed E-state index contributed by atoms with van der Waals surface area (Å²) in [5.41, 5.74) is 6.51. The molecule has 2 aromatic carbocycles. The number of nitrogens with two attached hydrogens (primary N) is 1. The smallest absolute Gasteiger partial charge is 0.261 e. The first-order valence-corrected chi connectivity index (χ1v) is 7.93. The monoisotopic (exact) mass is 330 g/mol. The van der Waals surface area contributed by atoms with Crippen molar-refractivity contribution in [3.8, 4) is 0 Å². The SMILES string of the molecule is NCc1cccc(S(=O)(=O)Nc2ccc(Cl)cc2Cl)c1. The van der Waals surface area contributed by atoms with E-state index in [-0.39, 0.29) is 22.2 Å². The fraction of sp³-hybridized carbons (Fsp3) is 0.0769. The van der Waals surface area contributed by atoms with E-state index in [2.05, 4.69) is 4.72 Å². The van der Waals surface area contributed by atoms with Gasteiger partial charge in [-0.15, -0.1) is 0 Å². The molecule has 0 aromatic heterocycles. The second kappa shape index (κ2) is 6.01. The first-order valence-electron chi connectivity index (χ1n) is 5.69. The molecule has 0 spiro atoms. The highest BCUT2D eigenvalue weighted by Crippen LogP contribution is 2.27. The number of nitrogens with one attached hydrogen (secondary N) is 1. The van der Waals surface area contributed by atoms with Crippen LogP contribution in [0.4, 0.5) is 5.69 Å². The summed E-state index contributed by atoms with van der Waals surface area (Å²) in [6.45, 7) is 0.269. The highest BCUT2D eigenvalue weighted by Gasteiger charge is 2.16. The Hall–Kier alpha value is -1.27.